The van der Waals surface area contributed by atoms with Crippen LogP contribution in [-0.2, 0) is 4.79 Å². The smallest absolute Gasteiger partial charge is 0.335 e. The fraction of sp³-hybridized carbons (Fsp3) is 0.150. The standard InChI is InChI=1S/C20H18N2O4/c1-3-26-18-9-6-14(20(24)25)10-15(18)11-16(12-21)19(23)22-17-7-4-13(2)5-8-17/h4-11H,3H2,1-2H3,(H,22,23)(H,24,25)/b16-11+. The van der Waals surface area contributed by atoms with Gasteiger partial charge in [0.05, 0.1) is 12.2 Å². The Bertz CT molecular complexity index is 893. The number of ether oxygens (including phenoxy) is 1. The Hall–Kier alpha value is -3.59. The maximum atomic E-state index is 12.4. The summed E-state index contributed by atoms with van der Waals surface area (Å²) in [5.41, 5.74) is 1.84. The molecule has 0 aliphatic rings. The normalized spacial score (nSPS) is 10.7. The second-order valence-corrected chi connectivity index (χ2v) is 5.48. The fourth-order valence-corrected chi connectivity index (χ4v) is 2.22. The van der Waals surface area contributed by atoms with Crippen LogP contribution in [0.5, 0.6) is 5.75 Å². The molecule has 2 aromatic rings. The largest absolute Gasteiger partial charge is 0.493 e. The molecule has 0 heterocycles. The number of nitriles is 1. The highest BCUT2D eigenvalue weighted by atomic mass is 16.5. The minimum absolute atomic E-state index is 0.0379. The number of aromatic carboxylic acids is 1. The summed E-state index contributed by atoms with van der Waals surface area (Å²) in [6.07, 6.45) is 1.32. The first-order valence-electron chi connectivity index (χ1n) is 7.94. The van der Waals surface area contributed by atoms with Crippen molar-refractivity contribution in [3.05, 3.63) is 64.7 Å². The summed E-state index contributed by atoms with van der Waals surface area (Å²) in [6.45, 7) is 4.08. The molecule has 0 fully saturated rings. The third kappa shape index (κ3) is 4.71. The lowest BCUT2D eigenvalue weighted by Gasteiger charge is -2.09. The molecule has 132 valence electrons. The van der Waals surface area contributed by atoms with E-state index in [0.717, 1.165) is 5.56 Å². The predicted molar refractivity (Wildman–Crippen MR) is 98.0 cm³/mol. The molecular weight excluding hydrogens is 332 g/mol. The zero-order valence-electron chi connectivity index (χ0n) is 14.4. The molecule has 0 saturated carbocycles. The van der Waals surface area contributed by atoms with E-state index in [9.17, 15) is 14.9 Å². The van der Waals surface area contributed by atoms with Gasteiger partial charge < -0.3 is 15.2 Å². The molecule has 0 saturated heterocycles. The number of nitrogens with one attached hydrogen (secondary N) is 1. The molecule has 26 heavy (non-hydrogen) atoms. The van der Waals surface area contributed by atoms with Gasteiger partial charge in [-0.2, -0.15) is 5.26 Å². The van der Waals surface area contributed by atoms with Gasteiger partial charge in [0.15, 0.2) is 0 Å². The Morgan fingerprint density at radius 3 is 2.50 bits per heavy atom. The van der Waals surface area contributed by atoms with E-state index in [2.05, 4.69) is 5.32 Å². The van der Waals surface area contributed by atoms with E-state index in [0.29, 0.717) is 23.6 Å². The van der Waals surface area contributed by atoms with E-state index in [1.807, 2.05) is 25.1 Å². The number of carboxylic acid groups (broad SMARTS) is 1. The number of carbonyl (C=O) groups is 2. The van der Waals surface area contributed by atoms with Crippen LogP contribution >= 0.6 is 0 Å². The van der Waals surface area contributed by atoms with Gasteiger partial charge in [-0.05, 0) is 50.3 Å². The van der Waals surface area contributed by atoms with Gasteiger partial charge in [0.25, 0.3) is 5.91 Å². The van der Waals surface area contributed by atoms with Gasteiger partial charge >= 0.3 is 5.97 Å². The second kappa shape index (κ2) is 8.49. The number of carbonyl (C=O) groups excluding carboxylic acids is 1. The molecule has 0 aromatic heterocycles. The van der Waals surface area contributed by atoms with E-state index in [1.54, 1.807) is 19.1 Å². The Labute approximate surface area is 151 Å². The summed E-state index contributed by atoms with van der Waals surface area (Å²) in [7, 11) is 0. The van der Waals surface area contributed by atoms with Crippen LogP contribution in [0.1, 0.15) is 28.4 Å². The molecule has 6 nitrogen and oxygen atoms in total. The molecule has 0 aliphatic carbocycles. The fourth-order valence-electron chi connectivity index (χ4n) is 2.22. The quantitative estimate of drug-likeness (QED) is 0.612. The number of rotatable bonds is 6. The monoisotopic (exact) mass is 350 g/mol. The van der Waals surface area contributed by atoms with Gasteiger partial charge in [-0.3, -0.25) is 4.79 Å². The van der Waals surface area contributed by atoms with Crippen LogP contribution in [-0.4, -0.2) is 23.6 Å². The molecule has 1 amide bonds. The number of aryl methyl sites for hydroxylation is 1. The average molecular weight is 350 g/mol. The molecule has 0 unspecified atom stereocenters. The number of anilines is 1. The lowest BCUT2D eigenvalue weighted by molar-refractivity contribution is -0.112. The van der Waals surface area contributed by atoms with Crippen molar-refractivity contribution in [1.82, 2.24) is 0 Å². The van der Waals surface area contributed by atoms with Gasteiger partial charge in [-0.25, -0.2) is 4.79 Å². The number of carboxylic acids is 1. The lowest BCUT2D eigenvalue weighted by Crippen LogP contribution is -2.13. The highest BCUT2D eigenvalue weighted by molar-refractivity contribution is 6.10. The van der Waals surface area contributed by atoms with E-state index < -0.39 is 11.9 Å². The molecule has 0 atom stereocenters. The average Bonchev–Trinajstić information content (AvgIpc) is 2.62. The maximum absolute atomic E-state index is 12.4. The van der Waals surface area contributed by atoms with Crippen LogP contribution in [0.25, 0.3) is 6.08 Å². The SMILES string of the molecule is CCOc1ccc(C(=O)O)cc1/C=C(\C#N)C(=O)Nc1ccc(C)cc1. The van der Waals surface area contributed by atoms with Gasteiger partial charge in [-0.15, -0.1) is 0 Å². The molecule has 0 radical (unpaired) electrons. The van der Waals surface area contributed by atoms with E-state index in [4.69, 9.17) is 9.84 Å². The Kier molecular flexibility index (Phi) is 6.12. The number of benzene rings is 2. The lowest BCUT2D eigenvalue weighted by atomic mass is 10.1. The molecule has 2 N–H and O–H groups in total. The minimum Gasteiger partial charge on any atom is -0.493 e. The zero-order valence-corrected chi connectivity index (χ0v) is 14.4. The third-order valence-corrected chi connectivity index (χ3v) is 3.53. The second-order valence-electron chi connectivity index (χ2n) is 5.48. The molecule has 2 rings (SSSR count). The summed E-state index contributed by atoms with van der Waals surface area (Å²) in [4.78, 5) is 23.5. The van der Waals surface area contributed by atoms with Crippen LogP contribution in [0.15, 0.2) is 48.0 Å². The van der Waals surface area contributed by atoms with Crippen LogP contribution < -0.4 is 10.1 Å². The van der Waals surface area contributed by atoms with Crippen molar-refractivity contribution in [2.45, 2.75) is 13.8 Å². The topological polar surface area (TPSA) is 99.4 Å². The zero-order chi connectivity index (χ0) is 19.1. The summed E-state index contributed by atoms with van der Waals surface area (Å²) in [6, 6.07) is 13.3. The van der Waals surface area contributed by atoms with Crippen LogP contribution in [0.4, 0.5) is 5.69 Å². The van der Waals surface area contributed by atoms with Gasteiger partial charge in [0.2, 0.25) is 0 Å². The summed E-state index contributed by atoms with van der Waals surface area (Å²) >= 11 is 0. The first-order valence-corrected chi connectivity index (χ1v) is 7.94. The summed E-state index contributed by atoms with van der Waals surface area (Å²) < 4.78 is 5.45. The molecule has 0 bridgehead atoms. The summed E-state index contributed by atoms with van der Waals surface area (Å²) in [5, 5.41) is 21.1. The van der Waals surface area contributed by atoms with E-state index in [1.165, 1.54) is 24.3 Å². The molecule has 0 spiro atoms. The Balaban J connectivity index is 2.35. The molecule has 0 aliphatic heterocycles. The van der Waals surface area contributed by atoms with Crippen LogP contribution in [0.3, 0.4) is 0 Å². The van der Waals surface area contributed by atoms with Gasteiger partial charge in [0.1, 0.15) is 17.4 Å². The predicted octanol–water partition coefficient (Wildman–Crippen LogP) is 3.64. The third-order valence-electron chi connectivity index (χ3n) is 3.53. The number of nitrogens with zero attached hydrogens (tertiary/aromatic N) is 1. The van der Waals surface area contributed by atoms with E-state index in [-0.39, 0.29) is 11.1 Å². The Morgan fingerprint density at radius 1 is 1.23 bits per heavy atom. The van der Waals surface area contributed by atoms with Crippen molar-refractivity contribution in [1.29, 1.82) is 5.26 Å². The molecule has 6 heteroatoms. The maximum Gasteiger partial charge on any atom is 0.335 e. The van der Waals surface area contributed by atoms with Crippen molar-refractivity contribution >= 4 is 23.6 Å². The molecule has 2 aromatic carbocycles. The highest BCUT2D eigenvalue weighted by Crippen LogP contribution is 2.24. The highest BCUT2D eigenvalue weighted by Gasteiger charge is 2.13. The Morgan fingerprint density at radius 2 is 1.92 bits per heavy atom. The van der Waals surface area contributed by atoms with Gasteiger partial charge in [0, 0.05) is 11.3 Å². The minimum atomic E-state index is -1.11. The van der Waals surface area contributed by atoms with Crippen LogP contribution in [0.2, 0.25) is 0 Å². The number of hydrogen-bond donors (Lipinski definition) is 2. The number of amides is 1. The number of hydrogen-bond acceptors (Lipinski definition) is 4. The van der Waals surface area contributed by atoms with Crippen molar-refractivity contribution in [3.63, 3.8) is 0 Å². The first-order chi connectivity index (χ1) is 12.4. The van der Waals surface area contributed by atoms with Crippen molar-refractivity contribution in [2.24, 2.45) is 0 Å². The van der Waals surface area contributed by atoms with Crippen molar-refractivity contribution in [3.8, 4) is 11.8 Å². The van der Waals surface area contributed by atoms with Crippen LogP contribution in [0, 0.1) is 18.3 Å². The van der Waals surface area contributed by atoms with Crippen molar-refractivity contribution in [2.75, 3.05) is 11.9 Å². The van der Waals surface area contributed by atoms with E-state index >= 15 is 0 Å². The first kappa shape index (κ1) is 18.7. The van der Waals surface area contributed by atoms with Crippen molar-refractivity contribution < 1.29 is 19.4 Å². The molecular formula is C20H18N2O4. The van der Waals surface area contributed by atoms with Gasteiger partial charge in [-0.1, -0.05) is 17.7 Å². The summed E-state index contributed by atoms with van der Waals surface area (Å²) in [5.74, 6) is -1.29.